The van der Waals surface area contributed by atoms with E-state index in [2.05, 4.69) is 10.3 Å². The summed E-state index contributed by atoms with van der Waals surface area (Å²) in [7, 11) is 0. The maximum atomic E-state index is 12.8. The number of amides is 3. The number of rotatable bonds is 5. The van der Waals surface area contributed by atoms with Crippen LogP contribution < -0.4 is 11.1 Å². The molecule has 13 heteroatoms. The fourth-order valence-corrected chi connectivity index (χ4v) is 4.09. The number of halogens is 3. The zero-order valence-electron chi connectivity index (χ0n) is 19.8. The number of β-lactam (4-membered cyclic amide) rings is 1. The summed E-state index contributed by atoms with van der Waals surface area (Å²) in [5, 5.41) is 21.6. The molecule has 1 aromatic heterocycles. The van der Waals surface area contributed by atoms with E-state index in [4.69, 9.17) is 15.6 Å². The molecule has 1 aliphatic heterocycles. The van der Waals surface area contributed by atoms with E-state index in [1.54, 1.807) is 19.1 Å². The van der Waals surface area contributed by atoms with Crippen molar-refractivity contribution in [3.63, 3.8) is 0 Å². The van der Waals surface area contributed by atoms with E-state index >= 15 is 0 Å². The van der Waals surface area contributed by atoms with Crippen LogP contribution in [0.4, 0.5) is 23.8 Å². The van der Waals surface area contributed by atoms with E-state index in [9.17, 15) is 32.7 Å². The summed E-state index contributed by atoms with van der Waals surface area (Å²) >= 11 is 0. The second-order valence-corrected chi connectivity index (χ2v) is 8.43. The molecular weight excluding hydrogens is 509 g/mol. The van der Waals surface area contributed by atoms with E-state index in [-0.39, 0.29) is 12.2 Å². The third kappa shape index (κ3) is 6.17. The summed E-state index contributed by atoms with van der Waals surface area (Å²) in [6, 6.07) is 14.4. The second kappa shape index (κ2) is 11.2. The molecule has 1 aliphatic rings. The molecule has 3 aromatic rings. The largest absolute Gasteiger partial charge is 0.490 e. The number of nitrogens with one attached hydrogen (secondary N) is 1. The Hall–Kier alpha value is -4.68. The number of pyridine rings is 1. The summed E-state index contributed by atoms with van der Waals surface area (Å²) in [5.41, 5.74) is 7.24. The number of carbonyl (C=O) groups is 4. The molecule has 3 atom stereocenters. The molecule has 0 saturated carbocycles. The molecule has 38 heavy (non-hydrogen) atoms. The molecule has 0 spiro atoms. The molecule has 0 unspecified atom stereocenters. The van der Waals surface area contributed by atoms with Crippen LogP contribution >= 0.6 is 0 Å². The lowest BCUT2D eigenvalue weighted by atomic mass is 9.82. The van der Waals surface area contributed by atoms with Crippen LogP contribution in [0, 0.1) is 5.92 Å². The first-order valence-corrected chi connectivity index (χ1v) is 11.2. The number of hydrogen-bond donors (Lipinski definition) is 4. The van der Waals surface area contributed by atoms with Gasteiger partial charge in [0.05, 0.1) is 12.0 Å². The van der Waals surface area contributed by atoms with Crippen LogP contribution in [0.2, 0.25) is 0 Å². The quantitative estimate of drug-likeness (QED) is 0.364. The lowest BCUT2D eigenvalue weighted by Gasteiger charge is -2.43. The van der Waals surface area contributed by atoms with Crippen LogP contribution in [0.25, 0.3) is 10.8 Å². The number of alkyl halides is 3. The van der Waals surface area contributed by atoms with Crippen LogP contribution in [-0.4, -0.2) is 56.2 Å². The zero-order chi connectivity index (χ0) is 28.2. The molecule has 4 rings (SSSR count). The molecule has 10 nitrogen and oxygen atoms in total. The number of hydrogen-bond acceptors (Lipinski definition) is 6. The number of anilines is 1. The summed E-state index contributed by atoms with van der Waals surface area (Å²) in [6.45, 7) is 1.80. The van der Waals surface area contributed by atoms with Crippen LogP contribution in [0.15, 0.2) is 60.8 Å². The predicted octanol–water partition coefficient (Wildman–Crippen LogP) is 3.38. The summed E-state index contributed by atoms with van der Waals surface area (Å²) in [4.78, 5) is 50.9. The van der Waals surface area contributed by atoms with Gasteiger partial charge in [-0.05, 0) is 47.4 Å². The van der Waals surface area contributed by atoms with Crippen molar-refractivity contribution in [2.75, 3.05) is 5.73 Å². The Morgan fingerprint density at radius 1 is 1.11 bits per heavy atom. The number of nitrogens with two attached hydrogens (primary N) is 1. The number of aliphatic carboxylic acids is 2. The number of carboxylic acid groups (broad SMARTS) is 2. The number of aromatic nitrogens is 1. The Labute approximate surface area is 213 Å². The van der Waals surface area contributed by atoms with Crippen molar-refractivity contribution in [3.8, 4) is 0 Å². The van der Waals surface area contributed by atoms with Gasteiger partial charge in [-0.2, -0.15) is 13.2 Å². The molecular formula is C25H23F3N4O6. The normalized spacial score (nSPS) is 17.6. The number of urea groups is 1. The van der Waals surface area contributed by atoms with Gasteiger partial charge in [-0.1, -0.05) is 42.5 Å². The first-order chi connectivity index (χ1) is 17.8. The van der Waals surface area contributed by atoms with Crippen molar-refractivity contribution < 1.29 is 42.6 Å². The van der Waals surface area contributed by atoms with E-state index in [1.807, 2.05) is 42.5 Å². The number of likely N-dealkylation sites (tertiary alicyclic amines) is 1. The Morgan fingerprint density at radius 2 is 1.74 bits per heavy atom. The molecule has 200 valence electrons. The van der Waals surface area contributed by atoms with Gasteiger partial charge in [0, 0.05) is 6.20 Å². The maximum absolute atomic E-state index is 12.8. The van der Waals surface area contributed by atoms with Crippen molar-refractivity contribution in [3.05, 3.63) is 71.9 Å². The fourth-order valence-electron chi connectivity index (χ4n) is 4.09. The highest BCUT2D eigenvalue weighted by Crippen LogP contribution is 2.32. The Morgan fingerprint density at radius 3 is 2.34 bits per heavy atom. The average molecular weight is 532 g/mol. The number of nitrogen functional groups attached to an aromatic ring is 1. The van der Waals surface area contributed by atoms with E-state index in [1.165, 1.54) is 6.20 Å². The number of benzene rings is 2. The van der Waals surface area contributed by atoms with Gasteiger partial charge in [-0.15, -0.1) is 0 Å². The van der Waals surface area contributed by atoms with Gasteiger partial charge in [-0.3, -0.25) is 4.79 Å². The SMILES string of the molecule is C[C@@H](NC(=O)N1C(=O)[C@H](Cc2ccnc(N)c2)[C@H]1C(=O)O)c1cccc2ccccc12.O=C(O)C(F)(F)F. The van der Waals surface area contributed by atoms with Gasteiger partial charge >= 0.3 is 24.1 Å². The number of carboxylic acids is 2. The number of carbonyl (C=O) groups excluding carboxylic acids is 2. The van der Waals surface area contributed by atoms with E-state index < -0.39 is 48.1 Å². The monoisotopic (exact) mass is 532 g/mol. The van der Waals surface area contributed by atoms with Crippen LogP contribution in [0.5, 0.6) is 0 Å². The van der Waals surface area contributed by atoms with Crippen molar-refractivity contribution in [2.24, 2.45) is 5.92 Å². The fraction of sp³-hybridized carbons (Fsp3) is 0.240. The highest BCUT2D eigenvalue weighted by Gasteiger charge is 2.54. The molecule has 3 amide bonds. The van der Waals surface area contributed by atoms with Crippen molar-refractivity contribution in [2.45, 2.75) is 31.6 Å². The third-order valence-electron chi connectivity index (χ3n) is 5.86. The molecule has 1 fully saturated rings. The van der Waals surface area contributed by atoms with Gasteiger partial charge < -0.3 is 21.3 Å². The molecule has 5 N–H and O–H groups in total. The van der Waals surface area contributed by atoms with Gasteiger partial charge in [-0.25, -0.2) is 24.3 Å². The molecule has 1 saturated heterocycles. The first kappa shape index (κ1) is 27.9. The number of nitrogens with zero attached hydrogens (tertiary/aromatic N) is 2. The Balaban J connectivity index is 0.000000505. The topological polar surface area (TPSA) is 163 Å². The van der Waals surface area contributed by atoms with Gasteiger partial charge in [0.15, 0.2) is 6.04 Å². The van der Waals surface area contributed by atoms with Crippen molar-refractivity contribution in [1.29, 1.82) is 0 Å². The molecule has 2 heterocycles. The highest BCUT2D eigenvalue weighted by atomic mass is 19.4. The van der Waals surface area contributed by atoms with Crippen LogP contribution in [0.3, 0.4) is 0 Å². The van der Waals surface area contributed by atoms with Crippen molar-refractivity contribution in [1.82, 2.24) is 15.2 Å². The van der Waals surface area contributed by atoms with Gasteiger partial charge in [0.2, 0.25) is 5.91 Å². The smallest absolute Gasteiger partial charge is 0.480 e. The molecule has 0 aliphatic carbocycles. The molecule has 0 bridgehead atoms. The minimum absolute atomic E-state index is 0.172. The minimum atomic E-state index is -5.08. The van der Waals surface area contributed by atoms with Gasteiger partial charge in [0.25, 0.3) is 0 Å². The Bertz CT molecular complexity index is 1380. The standard InChI is InChI=1S/C23H22N4O4.C2HF3O2/c1-13(16-8-4-6-15-5-2-3-7-17(15)16)26-23(31)27-20(22(29)30)18(21(27)28)11-14-9-10-25-19(24)12-14;3-2(4,5)1(6)7/h2-10,12-13,18,20H,11H2,1H3,(H2,24,25)(H,26,31)(H,29,30);(H,6,7)/t13-,18-,20+;/m1./s1. The van der Waals surface area contributed by atoms with Gasteiger partial charge in [0.1, 0.15) is 5.82 Å². The second-order valence-electron chi connectivity index (χ2n) is 8.43. The first-order valence-electron chi connectivity index (χ1n) is 11.2. The maximum Gasteiger partial charge on any atom is 0.490 e. The van der Waals surface area contributed by atoms with E-state index in [0.717, 1.165) is 21.2 Å². The highest BCUT2D eigenvalue weighted by molar-refractivity contribution is 6.07. The predicted molar refractivity (Wildman–Crippen MR) is 129 cm³/mol. The molecule has 2 aromatic carbocycles. The summed E-state index contributed by atoms with van der Waals surface area (Å²) in [6.07, 6.45) is -3.41. The molecule has 0 radical (unpaired) electrons. The van der Waals surface area contributed by atoms with Crippen LogP contribution in [-0.2, 0) is 20.8 Å². The minimum Gasteiger partial charge on any atom is -0.480 e. The van der Waals surface area contributed by atoms with Crippen molar-refractivity contribution >= 4 is 40.5 Å². The third-order valence-corrected chi connectivity index (χ3v) is 5.86. The summed E-state index contributed by atoms with van der Waals surface area (Å²) in [5.74, 6) is -5.05. The lowest BCUT2D eigenvalue weighted by Crippen LogP contribution is -2.68. The average Bonchev–Trinajstić information content (AvgIpc) is 2.84. The summed E-state index contributed by atoms with van der Waals surface area (Å²) < 4.78 is 31.7. The van der Waals surface area contributed by atoms with E-state index in [0.29, 0.717) is 5.56 Å². The van der Waals surface area contributed by atoms with Crippen LogP contribution in [0.1, 0.15) is 24.1 Å². The Kier molecular flexibility index (Phi) is 8.19. The number of imide groups is 1. The zero-order valence-corrected chi connectivity index (χ0v) is 19.8. The number of fused-ring (bicyclic) bond motifs is 1. The lowest BCUT2D eigenvalue weighted by molar-refractivity contribution is -0.192.